The normalized spacial score (nSPS) is 20.1. The molecular formula is C71H72BN3O. The molecular weight excluding hydrogens is 922 g/mol. The van der Waals surface area contributed by atoms with Gasteiger partial charge < -0.3 is 19.1 Å². The third kappa shape index (κ3) is 6.38. The third-order valence-corrected chi connectivity index (χ3v) is 19.5. The second kappa shape index (κ2) is 15.6. The second-order valence-corrected chi connectivity index (χ2v) is 27.3. The maximum atomic E-state index is 6.78. The fourth-order valence-corrected chi connectivity index (χ4v) is 15.0. The summed E-state index contributed by atoms with van der Waals surface area (Å²) in [5, 5.41) is 2.27. The molecule has 0 N–H and O–H groups in total. The third-order valence-electron chi connectivity index (χ3n) is 19.5. The van der Waals surface area contributed by atoms with Gasteiger partial charge in [-0.25, -0.2) is 0 Å². The lowest BCUT2D eigenvalue weighted by Gasteiger charge is -2.51. The number of benzene rings is 8. The van der Waals surface area contributed by atoms with E-state index < -0.39 is 0 Å². The fraction of sp³-hybridized carbons (Fsp3) is 0.324. The summed E-state index contributed by atoms with van der Waals surface area (Å²) in [4.78, 5) is 8.22. The van der Waals surface area contributed by atoms with Crippen LogP contribution in [0.5, 0.6) is 0 Å². The van der Waals surface area contributed by atoms with Crippen molar-refractivity contribution in [2.24, 2.45) is 0 Å². The summed E-state index contributed by atoms with van der Waals surface area (Å²) in [6, 6.07) is 59.3. The topological polar surface area (TPSA) is 22.9 Å². The van der Waals surface area contributed by atoms with Crippen molar-refractivity contribution in [1.82, 2.24) is 0 Å². The minimum absolute atomic E-state index is 0.0237. The highest BCUT2D eigenvalue weighted by atomic mass is 16.3. The van der Waals surface area contributed by atoms with E-state index in [1.165, 1.54) is 114 Å². The lowest BCUT2D eigenvalue weighted by Crippen LogP contribution is -2.61. The molecule has 2 aliphatic carbocycles. The van der Waals surface area contributed by atoms with Crippen LogP contribution in [0.3, 0.4) is 0 Å². The molecule has 5 heteroatoms. The zero-order chi connectivity index (χ0) is 52.8. The molecule has 9 aromatic rings. The largest absolute Gasteiger partial charge is 0.456 e. The van der Waals surface area contributed by atoms with Crippen LogP contribution in [0.4, 0.5) is 45.5 Å². The van der Waals surface area contributed by atoms with Crippen LogP contribution < -0.4 is 31.1 Å². The van der Waals surface area contributed by atoms with Crippen molar-refractivity contribution in [2.75, 3.05) is 14.7 Å². The predicted molar refractivity (Wildman–Crippen MR) is 324 cm³/mol. The van der Waals surface area contributed by atoms with E-state index in [4.69, 9.17) is 4.42 Å². The smallest absolute Gasteiger partial charge is 0.252 e. The van der Waals surface area contributed by atoms with Crippen molar-refractivity contribution in [3.8, 4) is 11.1 Å². The monoisotopic (exact) mass is 994 g/mol. The van der Waals surface area contributed by atoms with Crippen molar-refractivity contribution >= 4 is 90.5 Å². The first-order valence-electron chi connectivity index (χ1n) is 28.3. The van der Waals surface area contributed by atoms with Crippen LogP contribution in [0.2, 0.25) is 0 Å². The highest BCUT2D eigenvalue weighted by Crippen LogP contribution is 2.63. The Morgan fingerprint density at radius 3 is 1.70 bits per heavy atom. The van der Waals surface area contributed by atoms with Crippen molar-refractivity contribution in [2.45, 2.75) is 148 Å². The summed E-state index contributed by atoms with van der Waals surface area (Å²) in [6.45, 7) is 31.3. The van der Waals surface area contributed by atoms with E-state index in [1.54, 1.807) is 0 Å². The average molecular weight is 994 g/mol. The molecule has 1 saturated carbocycles. The van der Waals surface area contributed by atoms with Crippen LogP contribution in [0.1, 0.15) is 149 Å². The van der Waals surface area contributed by atoms with Crippen LogP contribution in [0, 0.1) is 0 Å². The van der Waals surface area contributed by atoms with Crippen LogP contribution in [-0.2, 0) is 27.1 Å². The van der Waals surface area contributed by atoms with Gasteiger partial charge in [-0.1, -0.05) is 193 Å². The number of anilines is 8. The van der Waals surface area contributed by atoms with E-state index in [0.29, 0.717) is 0 Å². The van der Waals surface area contributed by atoms with Crippen molar-refractivity contribution in [3.05, 3.63) is 185 Å². The van der Waals surface area contributed by atoms with Crippen molar-refractivity contribution < 1.29 is 4.42 Å². The maximum Gasteiger partial charge on any atom is 0.252 e. The summed E-state index contributed by atoms with van der Waals surface area (Å²) < 4.78 is 6.78. The number of furan rings is 1. The first-order chi connectivity index (χ1) is 36.1. The number of nitrogens with zero attached hydrogens (tertiary/aromatic N) is 3. The van der Waals surface area contributed by atoms with E-state index in [0.717, 1.165) is 40.5 Å². The Morgan fingerprint density at radius 1 is 0.461 bits per heavy atom. The van der Waals surface area contributed by atoms with Gasteiger partial charge in [-0.05, 0) is 146 Å². The zero-order valence-electron chi connectivity index (χ0n) is 47.1. The number of fused-ring (bicyclic) bond motifs is 13. The summed E-state index contributed by atoms with van der Waals surface area (Å²) in [6.07, 6.45) is 4.70. The molecule has 5 aliphatic rings. The fourth-order valence-electron chi connectivity index (χ4n) is 15.0. The first-order valence-corrected chi connectivity index (χ1v) is 28.3. The molecule has 0 bridgehead atoms. The molecule has 0 saturated heterocycles. The van der Waals surface area contributed by atoms with Crippen LogP contribution in [-0.4, -0.2) is 12.3 Å². The predicted octanol–water partition coefficient (Wildman–Crippen LogP) is 17.6. The number of para-hydroxylation sites is 1. The molecule has 2 unspecified atom stereocenters. The summed E-state index contributed by atoms with van der Waals surface area (Å²) in [5.74, 6) is 0. The molecule has 0 radical (unpaired) electrons. The summed E-state index contributed by atoms with van der Waals surface area (Å²) >= 11 is 0. The number of hydrogen-bond acceptors (Lipinski definition) is 4. The van der Waals surface area contributed by atoms with Gasteiger partial charge in [-0.3, -0.25) is 0 Å². The van der Waals surface area contributed by atoms with Gasteiger partial charge in [0.2, 0.25) is 0 Å². The number of hydrogen-bond donors (Lipinski definition) is 0. The van der Waals surface area contributed by atoms with Gasteiger partial charge in [0.15, 0.2) is 0 Å². The van der Waals surface area contributed by atoms with Gasteiger partial charge in [0.25, 0.3) is 6.71 Å². The van der Waals surface area contributed by atoms with Crippen molar-refractivity contribution in [3.63, 3.8) is 0 Å². The Kier molecular flexibility index (Phi) is 9.74. The van der Waals surface area contributed by atoms with E-state index in [2.05, 4.69) is 256 Å². The molecule has 380 valence electrons. The van der Waals surface area contributed by atoms with Gasteiger partial charge >= 0.3 is 0 Å². The van der Waals surface area contributed by atoms with Gasteiger partial charge in [-0.15, -0.1) is 0 Å². The molecule has 4 nitrogen and oxygen atoms in total. The first kappa shape index (κ1) is 47.5. The lowest BCUT2D eigenvalue weighted by atomic mass is 9.33. The Morgan fingerprint density at radius 2 is 1.01 bits per heavy atom. The SMILES string of the molecule is CC(C)(C)c1ccc2c(c1)N(c1cccc3c1-c1ccccc1C3(C)C)c1cc(N3c4ccc(C(C)(C)C)cc4C4(C)CCCCC34C)cc3c1B2c1ccc(C(C)(C)C)cc1N3c1cccc2oc3ccccc3c12. The second-order valence-electron chi connectivity index (χ2n) is 27.3. The Balaban J connectivity index is 1.16. The minimum atomic E-state index is -0.185. The Labute approximate surface area is 451 Å². The molecule has 1 fully saturated rings. The van der Waals surface area contributed by atoms with E-state index in [1.807, 2.05) is 0 Å². The molecule has 3 aliphatic heterocycles. The molecule has 0 amide bonds. The number of rotatable bonds is 3. The molecule has 0 spiro atoms. The molecule has 76 heavy (non-hydrogen) atoms. The zero-order valence-corrected chi connectivity index (χ0v) is 47.1. The highest BCUT2D eigenvalue weighted by Gasteiger charge is 2.58. The van der Waals surface area contributed by atoms with E-state index in [9.17, 15) is 0 Å². The van der Waals surface area contributed by atoms with Crippen LogP contribution >= 0.6 is 0 Å². The quantitative estimate of drug-likeness (QED) is 0.165. The lowest BCUT2D eigenvalue weighted by molar-refractivity contribution is 0.195. The van der Waals surface area contributed by atoms with Gasteiger partial charge in [0.05, 0.1) is 22.3 Å². The minimum Gasteiger partial charge on any atom is -0.456 e. The van der Waals surface area contributed by atoms with Crippen LogP contribution in [0.15, 0.2) is 156 Å². The standard InChI is InChI=1S/C71H72BN3O/c1-66(2,3)43-32-35-54-51(38-43)70(12)36-18-19-37-71(70,13)75(54)46-41-59-65-60(42-46)74(56-27-21-29-62-64(56)48-23-15-17-28-61(48)76-62)58-40-45(68(7,8)9)31-34-53(58)72(65)52-33-30-44(67(4,5)6)39-57(52)73(59)55-26-20-25-50-63(55)47-22-14-16-24-49(47)69(50,10)11/h14-17,20-35,38-42H,18-19,36-37H2,1-13H3. The van der Waals surface area contributed by atoms with Crippen LogP contribution in [0.25, 0.3) is 33.1 Å². The van der Waals surface area contributed by atoms with E-state index >= 15 is 0 Å². The molecule has 4 heterocycles. The maximum absolute atomic E-state index is 6.78. The van der Waals surface area contributed by atoms with Gasteiger partial charge in [0, 0.05) is 55.9 Å². The summed E-state index contributed by atoms with van der Waals surface area (Å²) in [5.41, 5.74) is 26.1. The highest BCUT2D eigenvalue weighted by molar-refractivity contribution is 7.00. The van der Waals surface area contributed by atoms with Gasteiger partial charge in [-0.2, -0.15) is 0 Å². The molecule has 8 aromatic carbocycles. The molecule has 14 rings (SSSR count). The average Bonchev–Trinajstić information content (AvgIpc) is 4.03. The molecule has 1 aromatic heterocycles. The van der Waals surface area contributed by atoms with E-state index in [-0.39, 0.29) is 39.3 Å². The Bertz CT molecular complexity index is 3950. The summed E-state index contributed by atoms with van der Waals surface area (Å²) in [7, 11) is 0. The molecule has 2 atom stereocenters. The Hall–Kier alpha value is -6.98. The van der Waals surface area contributed by atoms with Crippen molar-refractivity contribution in [1.29, 1.82) is 0 Å². The van der Waals surface area contributed by atoms with Gasteiger partial charge in [0.1, 0.15) is 11.2 Å².